The van der Waals surface area contributed by atoms with Crippen molar-refractivity contribution < 1.29 is 9.53 Å². The number of likely N-dealkylation sites (tertiary alicyclic amines) is 1. The molecule has 1 aromatic carbocycles. The summed E-state index contributed by atoms with van der Waals surface area (Å²) in [6.07, 6.45) is 8.22. The number of piperidine rings is 1. The molecule has 0 spiro atoms. The van der Waals surface area contributed by atoms with Crippen molar-refractivity contribution in [2.75, 3.05) is 20.2 Å². The summed E-state index contributed by atoms with van der Waals surface area (Å²) >= 11 is 0. The Labute approximate surface area is 136 Å². The van der Waals surface area contributed by atoms with Gasteiger partial charge in [0.25, 0.3) is 0 Å². The summed E-state index contributed by atoms with van der Waals surface area (Å²) < 4.78 is 6.90. The van der Waals surface area contributed by atoms with Gasteiger partial charge in [-0.05, 0) is 49.5 Å². The van der Waals surface area contributed by atoms with Crippen LogP contribution in [0.3, 0.4) is 0 Å². The number of hydrogen-bond acceptors (Lipinski definition) is 4. The highest BCUT2D eigenvalue weighted by atomic mass is 16.5. The summed E-state index contributed by atoms with van der Waals surface area (Å²) in [5.41, 5.74) is 1.85. The molecule has 1 aromatic heterocycles. The number of aromatic nitrogens is 2. The van der Waals surface area contributed by atoms with E-state index in [4.69, 9.17) is 4.74 Å². The number of benzene rings is 1. The molecule has 2 heterocycles. The molecule has 0 unspecified atom stereocenters. The van der Waals surface area contributed by atoms with Crippen LogP contribution in [-0.4, -0.2) is 40.6 Å². The minimum Gasteiger partial charge on any atom is -0.465 e. The first-order valence-electron chi connectivity index (χ1n) is 8.10. The number of imidazole rings is 1. The van der Waals surface area contributed by atoms with Gasteiger partial charge in [-0.3, -0.25) is 4.90 Å². The lowest BCUT2D eigenvalue weighted by Gasteiger charge is -2.32. The number of hydrogen-bond donors (Lipinski definition) is 0. The van der Waals surface area contributed by atoms with Crippen LogP contribution in [0.2, 0.25) is 0 Å². The van der Waals surface area contributed by atoms with Crippen molar-refractivity contribution in [3.05, 3.63) is 54.1 Å². The van der Waals surface area contributed by atoms with Gasteiger partial charge in [0.05, 0.1) is 19.0 Å². The van der Waals surface area contributed by atoms with Gasteiger partial charge in [0, 0.05) is 25.5 Å². The van der Waals surface area contributed by atoms with Crippen LogP contribution in [0, 0.1) is 5.92 Å². The molecule has 23 heavy (non-hydrogen) atoms. The minimum atomic E-state index is -0.281. The first-order chi connectivity index (χ1) is 11.2. The maximum atomic E-state index is 11.4. The fourth-order valence-electron chi connectivity index (χ4n) is 3.14. The highest BCUT2D eigenvalue weighted by molar-refractivity contribution is 5.89. The van der Waals surface area contributed by atoms with Gasteiger partial charge in [-0.1, -0.05) is 12.1 Å². The highest BCUT2D eigenvalue weighted by Crippen LogP contribution is 2.20. The number of nitrogens with zero attached hydrogens (tertiary/aromatic N) is 3. The number of methoxy groups -OCH3 is 1. The van der Waals surface area contributed by atoms with E-state index >= 15 is 0 Å². The fourth-order valence-corrected chi connectivity index (χ4v) is 3.14. The van der Waals surface area contributed by atoms with Crippen molar-refractivity contribution in [2.24, 2.45) is 5.92 Å². The number of rotatable bonds is 5. The van der Waals surface area contributed by atoms with Gasteiger partial charge in [0.15, 0.2) is 0 Å². The van der Waals surface area contributed by atoms with Gasteiger partial charge in [0.2, 0.25) is 0 Å². The zero-order valence-electron chi connectivity index (χ0n) is 13.5. The predicted molar refractivity (Wildman–Crippen MR) is 88.0 cm³/mol. The van der Waals surface area contributed by atoms with Crippen LogP contribution in [0.4, 0.5) is 0 Å². The van der Waals surface area contributed by atoms with Crippen LogP contribution < -0.4 is 0 Å². The van der Waals surface area contributed by atoms with E-state index < -0.39 is 0 Å². The third-order valence-electron chi connectivity index (χ3n) is 4.52. The normalized spacial score (nSPS) is 16.4. The third-order valence-corrected chi connectivity index (χ3v) is 4.52. The zero-order chi connectivity index (χ0) is 16.1. The van der Waals surface area contributed by atoms with E-state index in [9.17, 15) is 4.79 Å². The second kappa shape index (κ2) is 7.42. The monoisotopic (exact) mass is 313 g/mol. The molecular formula is C18H23N3O2. The van der Waals surface area contributed by atoms with Crippen molar-refractivity contribution in [3.8, 4) is 0 Å². The van der Waals surface area contributed by atoms with Gasteiger partial charge in [-0.15, -0.1) is 0 Å². The summed E-state index contributed by atoms with van der Waals surface area (Å²) in [6, 6.07) is 7.72. The van der Waals surface area contributed by atoms with Crippen molar-refractivity contribution >= 4 is 5.97 Å². The van der Waals surface area contributed by atoms with Gasteiger partial charge < -0.3 is 9.30 Å². The minimum absolute atomic E-state index is 0.281. The van der Waals surface area contributed by atoms with E-state index in [2.05, 4.69) is 14.5 Å². The molecule has 0 saturated carbocycles. The molecule has 1 fully saturated rings. The Kier molecular flexibility index (Phi) is 5.08. The van der Waals surface area contributed by atoms with E-state index in [0.717, 1.165) is 32.1 Å². The molecule has 5 heteroatoms. The number of esters is 1. The summed E-state index contributed by atoms with van der Waals surface area (Å²) in [4.78, 5) is 18.0. The average molecular weight is 313 g/mol. The SMILES string of the molecule is COC(=O)c1ccc(CN2CCC(Cn3ccnc3)CC2)cc1. The lowest BCUT2D eigenvalue weighted by atomic mass is 9.96. The Morgan fingerprint density at radius 3 is 2.61 bits per heavy atom. The van der Waals surface area contributed by atoms with Crippen molar-refractivity contribution in [3.63, 3.8) is 0 Å². The second-order valence-electron chi connectivity index (χ2n) is 6.17. The van der Waals surface area contributed by atoms with Gasteiger partial charge in [-0.25, -0.2) is 9.78 Å². The van der Waals surface area contributed by atoms with E-state index in [-0.39, 0.29) is 5.97 Å². The molecule has 1 saturated heterocycles. The Morgan fingerprint density at radius 2 is 2.00 bits per heavy atom. The summed E-state index contributed by atoms with van der Waals surface area (Å²) in [7, 11) is 1.41. The number of carbonyl (C=O) groups is 1. The van der Waals surface area contributed by atoms with Gasteiger partial charge in [0.1, 0.15) is 0 Å². The summed E-state index contributed by atoms with van der Waals surface area (Å²) in [5, 5.41) is 0. The molecule has 122 valence electrons. The molecule has 0 radical (unpaired) electrons. The summed E-state index contributed by atoms with van der Waals surface area (Å²) in [5.74, 6) is 0.457. The van der Waals surface area contributed by atoms with Crippen molar-refractivity contribution in [2.45, 2.75) is 25.9 Å². The van der Waals surface area contributed by atoms with Crippen LogP contribution in [0.25, 0.3) is 0 Å². The van der Waals surface area contributed by atoms with Crippen LogP contribution in [0.1, 0.15) is 28.8 Å². The predicted octanol–water partition coefficient (Wildman–Crippen LogP) is 2.58. The smallest absolute Gasteiger partial charge is 0.337 e. The molecule has 2 aromatic rings. The molecule has 0 bridgehead atoms. The number of carbonyl (C=O) groups excluding carboxylic acids is 1. The van der Waals surface area contributed by atoms with Crippen LogP contribution in [0.15, 0.2) is 43.0 Å². The lowest BCUT2D eigenvalue weighted by molar-refractivity contribution is 0.0600. The molecule has 1 aliphatic rings. The van der Waals surface area contributed by atoms with Crippen molar-refractivity contribution in [1.29, 1.82) is 0 Å². The van der Waals surface area contributed by atoms with Gasteiger partial charge in [-0.2, -0.15) is 0 Å². The standard InChI is InChI=1S/C18H23N3O2/c1-23-18(22)17-4-2-15(3-5-17)12-20-9-6-16(7-10-20)13-21-11-8-19-14-21/h2-5,8,11,14,16H,6-7,9-10,12-13H2,1H3. The molecule has 0 atom stereocenters. The fraction of sp³-hybridized carbons (Fsp3) is 0.444. The maximum absolute atomic E-state index is 11.4. The van der Waals surface area contributed by atoms with Gasteiger partial charge >= 0.3 is 5.97 Å². The van der Waals surface area contributed by atoms with Crippen LogP contribution in [-0.2, 0) is 17.8 Å². The largest absolute Gasteiger partial charge is 0.465 e. The van der Waals surface area contributed by atoms with Crippen LogP contribution in [0.5, 0.6) is 0 Å². The lowest BCUT2D eigenvalue weighted by Crippen LogP contribution is -2.34. The van der Waals surface area contributed by atoms with Crippen molar-refractivity contribution in [1.82, 2.24) is 14.5 Å². The third kappa shape index (κ3) is 4.20. The highest BCUT2D eigenvalue weighted by Gasteiger charge is 2.19. The Hall–Kier alpha value is -2.14. The molecule has 0 amide bonds. The van der Waals surface area contributed by atoms with E-state index in [1.807, 2.05) is 43.0 Å². The summed E-state index contributed by atoms with van der Waals surface area (Å²) in [6.45, 7) is 4.26. The maximum Gasteiger partial charge on any atom is 0.337 e. The molecule has 0 aliphatic carbocycles. The average Bonchev–Trinajstić information content (AvgIpc) is 3.10. The first kappa shape index (κ1) is 15.7. The number of ether oxygens (including phenoxy) is 1. The Morgan fingerprint density at radius 1 is 1.26 bits per heavy atom. The zero-order valence-corrected chi connectivity index (χ0v) is 13.5. The molecule has 0 N–H and O–H groups in total. The molecular weight excluding hydrogens is 290 g/mol. The Balaban J connectivity index is 1.47. The molecule has 3 rings (SSSR count). The first-order valence-corrected chi connectivity index (χ1v) is 8.10. The van der Waals surface area contributed by atoms with E-state index in [1.54, 1.807) is 0 Å². The Bertz CT molecular complexity index is 614. The topological polar surface area (TPSA) is 47.4 Å². The second-order valence-corrected chi connectivity index (χ2v) is 6.17. The molecule has 5 nitrogen and oxygen atoms in total. The van der Waals surface area contributed by atoms with Crippen LogP contribution >= 0.6 is 0 Å². The van der Waals surface area contributed by atoms with E-state index in [0.29, 0.717) is 5.56 Å². The molecule has 1 aliphatic heterocycles. The van der Waals surface area contributed by atoms with E-state index in [1.165, 1.54) is 25.5 Å². The quantitative estimate of drug-likeness (QED) is 0.796.